The van der Waals surface area contributed by atoms with E-state index in [2.05, 4.69) is 20.6 Å². The summed E-state index contributed by atoms with van der Waals surface area (Å²) in [5.41, 5.74) is -0.823. The van der Waals surface area contributed by atoms with Crippen LogP contribution in [0, 0.1) is 0 Å². The predicted molar refractivity (Wildman–Crippen MR) is 99.2 cm³/mol. The summed E-state index contributed by atoms with van der Waals surface area (Å²) in [4.78, 5) is 8.05. The lowest BCUT2D eigenvalue weighted by atomic mass is 10.2. The second-order valence-electron chi connectivity index (χ2n) is 5.16. The van der Waals surface area contributed by atoms with Crippen molar-refractivity contribution in [3.63, 3.8) is 0 Å². The summed E-state index contributed by atoms with van der Waals surface area (Å²) in [6.45, 7) is 4.52. The maximum Gasteiger partial charge on any atom is 0.434 e. The average molecular weight is 478 g/mol. The van der Waals surface area contributed by atoms with Gasteiger partial charge in [0.05, 0.1) is 17.7 Å². The zero-order valence-electron chi connectivity index (χ0n) is 13.4. The van der Waals surface area contributed by atoms with Crippen LogP contribution in [0.3, 0.4) is 0 Å². The molecule has 138 valence electrons. The smallest absolute Gasteiger partial charge is 0.376 e. The molecule has 0 radical (unpaired) electrons. The minimum absolute atomic E-state index is 0. The molecule has 1 fully saturated rings. The van der Waals surface area contributed by atoms with Gasteiger partial charge in [-0.2, -0.15) is 13.2 Å². The van der Waals surface area contributed by atoms with Crippen molar-refractivity contribution >= 4 is 41.3 Å². The minimum atomic E-state index is -4.38. The lowest BCUT2D eigenvalue weighted by Crippen LogP contribution is -2.39. The van der Waals surface area contributed by atoms with Crippen molar-refractivity contribution in [2.24, 2.45) is 4.99 Å². The maximum atomic E-state index is 12.5. The summed E-state index contributed by atoms with van der Waals surface area (Å²) in [5, 5.41) is 7.72. The van der Waals surface area contributed by atoms with Crippen LogP contribution in [0.5, 0.6) is 0 Å². The number of ether oxygens (including phenoxy) is 1. The molecule has 0 saturated carbocycles. The van der Waals surface area contributed by atoms with Gasteiger partial charge in [0.25, 0.3) is 0 Å². The molecule has 0 aromatic carbocycles. The second-order valence-corrected chi connectivity index (χ2v) is 6.10. The van der Waals surface area contributed by atoms with Gasteiger partial charge in [0, 0.05) is 31.5 Å². The summed E-state index contributed by atoms with van der Waals surface area (Å²) in [6, 6.07) is 0. The molecule has 5 nitrogen and oxygen atoms in total. The molecule has 1 aliphatic rings. The van der Waals surface area contributed by atoms with Gasteiger partial charge < -0.3 is 15.4 Å². The fourth-order valence-corrected chi connectivity index (χ4v) is 2.97. The van der Waals surface area contributed by atoms with Crippen LogP contribution in [0.4, 0.5) is 13.2 Å². The van der Waals surface area contributed by atoms with Crippen LogP contribution >= 0.6 is 35.3 Å². The second kappa shape index (κ2) is 10.4. The molecule has 0 amide bonds. The highest BCUT2D eigenvalue weighted by atomic mass is 127. The molecule has 24 heavy (non-hydrogen) atoms. The Hall–Kier alpha value is -0.620. The van der Waals surface area contributed by atoms with E-state index in [1.54, 1.807) is 0 Å². The first-order chi connectivity index (χ1) is 11.0. The summed E-state index contributed by atoms with van der Waals surface area (Å²) < 4.78 is 43.0. The third-order valence-corrected chi connectivity index (χ3v) is 4.20. The highest BCUT2D eigenvalue weighted by molar-refractivity contribution is 14.0. The summed E-state index contributed by atoms with van der Waals surface area (Å²) in [6.07, 6.45) is -1.71. The first kappa shape index (κ1) is 21.4. The van der Waals surface area contributed by atoms with Crippen LogP contribution in [-0.2, 0) is 17.3 Å². The highest BCUT2D eigenvalue weighted by Gasteiger charge is 2.33. The molecule has 0 bridgehead atoms. The van der Waals surface area contributed by atoms with Crippen LogP contribution in [0.1, 0.15) is 30.5 Å². The summed E-state index contributed by atoms with van der Waals surface area (Å²) >= 11 is 1.02. The highest BCUT2D eigenvalue weighted by Crippen LogP contribution is 2.29. The van der Waals surface area contributed by atoms with Gasteiger partial charge in [0.1, 0.15) is 0 Å². The number of alkyl halides is 3. The van der Waals surface area contributed by atoms with E-state index in [0.717, 1.165) is 36.2 Å². The van der Waals surface area contributed by atoms with Crippen LogP contribution in [-0.4, -0.2) is 43.3 Å². The Morgan fingerprint density at radius 3 is 2.83 bits per heavy atom. The van der Waals surface area contributed by atoms with Crippen molar-refractivity contribution in [1.29, 1.82) is 0 Å². The van der Waals surface area contributed by atoms with Gasteiger partial charge in [-0.1, -0.05) is 0 Å². The number of hydrogen-bond acceptors (Lipinski definition) is 4. The van der Waals surface area contributed by atoms with Gasteiger partial charge in [-0.25, -0.2) is 4.98 Å². The van der Waals surface area contributed by atoms with E-state index < -0.39 is 11.9 Å². The number of thiazole rings is 1. The SMILES string of the molecule is CCNC(=NCC1CCCO1)NCCc1nc(C(F)(F)F)cs1.I. The fraction of sp³-hybridized carbons (Fsp3) is 0.714. The maximum absolute atomic E-state index is 12.5. The summed E-state index contributed by atoms with van der Waals surface area (Å²) in [5.74, 6) is 0.649. The van der Waals surface area contributed by atoms with E-state index in [4.69, 9.17) is 4.74 Å². The molecule has 1 saturated heterocycles. The van der Waals surface area contributed by atoms with Gasteiger partial charge >= 0.3 is 6.18 Å². The van der Waals surface area contributed by atoms with Crippen LogP contribution in [0.15, 0.2) is 10.4 Å². The molecule has 1 aromatic heterocycles. The number of aromatic nitrogens is 1. The average Bonchev–Trinajstić information content (AvgIpc) is 3.15. The molecule has 1 aromatic rings. The van der Waals surface area contributed by atoms with Crippen LogP contribution in [0.2, 0.25) is 0 Å². The topological polar surface area (TPSA) is 58.5 Å². The quantitative estimate of drug-likeness (QED) is 0.375. The molecule has 2 heterocycles. The number of guanidine groups is 1. The number of hydrogen-bond donors (Lipinski definition) is 2. The lowest BCUT2D eigenvalue weighted by molar-refractivity contribution is -0.140. The van der Waals surface area contributed by atoms with E-state index in [1.807, 2.05) is 6.92 Å². The number of halogens is 4. The van der Waals surface area contributed by atoms with Crippen molar-refractivity contribution in [2.45, 2.75) is 38.5 Å². The van der Waals surface area contributed by atoms with Crippen molar-refractivity contribution in [3.05, 3.63) is 16.1 Å². The Morgan fingerprint density at radius 2 is 2.25 bits per heavy atom. The molecule has 1 aliphatic heterocycles. The number of rotatable bonds is 6. The van der Waals surface area contributed by atoms with E-state index in [9.17, 15) is 13.2 Å². The summed E-state index contributed by atoms with van der Waals surface area (Å²) in [7, 11) is 0. The third kappa shape index (κ3) is 7.09. The molecule has 2 rings (SSSR count). The van der Waals surface area contributed by atoms with Crippen molar-refractivity contribution in [1.82, 2.24) is 15.6 Å². The first-order valence-electron chi connectivity index (χ1n) is 7.64. The van der Waals surface area contributed by atoms with Crippen LogP contribution < -0.4 is 10.6 Å². The van der Waals surface area contributed by atoms with E-state index in [0.29, 0.717) is 37.0 Å². The Kier molecular flexibility index (Phi) is 9.27. The van der Waals surface area contributed by atoms with Crippen molar-refractivity contribution in [2.75, 3.05) is 26.2 Å². The molecule has 0 spiro atoms. The molecule has 0 aliphatic carbocycles. The third-order valence-electron chi connectivity index (χ3n) is 3.29. The van der Waals surface area contributed by atoms with E-state index in [-0.39, 0.29) is 30.1 Å². The van der Waals surface area contributed by atoms with Crippen molar-refractivity contribution < 1.29 is 17.9 Å². The van der Waals surface area contributed by atoms with Gasteiger partial charge in [-0.3, -0.25) is 4.99 Å². The van der Waals surface area contributed by atoms with E-state index in [1.165, 1.54) is 0 Å². The lowest BCUT2D eigenvalue weighted by Gasteiger charge is -2.12. The van der Waals surface area contributed by atoms with Gasteiger partial charge in [-0.05, 0) is 19.8 Å². The normalized spacial score (nSPS) is 18.3. The molecular weight excluding hydrogens is 456 g/mol. The Balaban J connectivity index is 0.00000288. The van der Waals surface area contributed by atoms with Crippen LogP contribution in [0.25, 0.3) is 0 Å². The molecule has 2 N–H and O–H groups in total. The molecule has 1 atom stereocenters. The molecule has 1 unspecified atom stereocenters. The Morgan fingerprint density at radius 1 is 1.46 bits per heavy atom. The zero-order chi connectivity index (χ0) is 16.7. The largest absolute Gasteiger partial charge is 0.434 e. The predicted octanol–water partition coefficient (Wildman–Crippen LogP) is 3.06. The van der Waals surface area contributed by atoms with Crippen molar-refractivity contribution in [3.8, 4) is 0 Å². The van der Waals surface area contributed by atoms with Gasteiger partial charge in [-0.15, -0.1) is 35.3 Å². The molecule has 10 heteroatoms. The zero-order valence-corrected chi connectivity index (χ0v) is 16.5. The van der Waals surface area contributed by atoms with Gasteiger partial charge in [0.15, 0.2) is 11.7 Å². The fourth-order valence-electron chi connectivity index (χ4n) is 2.17. The van der Waals surface area contributed by atoms with Gasteiger partial charge in [0.2, 0.25) is 0 Å². The van der Waals surface area contributed by atoms with E-state index >= 15 is 0 Å². The number of nitrogens with one attached hydrogen (secondary N) is 2. The number of aliphatic imine (C=N–C) groups is 1. The standard InChI is InChI=1S/C14H21F3N4OS.HI/c1-2-18-13(20-8-10-4-3-7-22-10)19-6-5-12-21-11(9-23-12)14(15,16)17;/h9-10H,2-8H2,1H3,(H2,18,19,20);1H. The minimum Gasteiger partial charge on any atom is -0.376 e. The Bertz CT molecular complexity index is 518. The Labute approximate surface area is 160 Å². The monoisotopic (exact) mass is 478 g/mol. The number of nitrogens with zero attached hydrogens (tertiary/aromatic N) is 2. The molecular formula is C14H22F3IN4OS. The first-order valence-corrected chi connectivity index (χ1v) is 8.52.